The van der Waals surface area contributed by atoms with Crippen molar-refractivity contribution >= 4 is 11.7 Å². The van der Waals surface area contributed by atoms with E-state index in [0.717, 1.165) is 18.7 Å². The van der Waals surface area contributed by atoms with Crippen molar-refractivity contribution in [3.8, 4) is 0 Å². The van der Waals surface area contributed by atoms with Gasteiger partial charge in [-0.1, -0.05) is 6.92 Å². The minimum Gasteiger partial charge on any atom is -0.309 e. The van der Waals surface area contributed by atoms with Crippen LogP contribution in [-0.4, -0.2) is 14.8 Å². The zero-order valence-corrected chi connectivity index (χ0v) is 7.69. The molecule has 1 heterocycles. The zero-order valence-electron chi connectivity index (χ0n) is 6.87. The van der Waals surface area contributed by atoms with E-state index in [4.69, 9.17) is 0 Å². The molecule has 0 aliphatic carbocycles. The Morgan fingerprint density at radius 3 is 3.09 bits per heavy atom. The van der Waals surface area contributed by atoms with Gasteiger partial charge in [-0.2, -0.15) is 8.75 Å². The molecule has 0 saturated carbocycles. The van der Waals surface area contributed by atoms with Crippen molar-refractivity contribution in [3.63, 3.8) is 0 Å². The summed E-state index contributed by atoms with van der Waals surface area (Å²) in [6.45, 7) is 5.17. The molecule has 1 rings (SSSR count). The normalized spacial score (nSPS) is 13.3. The van der Waals surface area contributed by atoms with Crippen LogP contribution in [0.5, 0.6) is 0 Å². The van der Waals surface area contributed by atoms with E-state index in [-0.39, 0.29) is 0 Å². The lowest BCUT2D eigenvalue weighted by atomic mass is 10.2. The third-order valence-corrected chi connectivity index (χ3v) is 2.17. The van der Waals surface area contributed by atoms with Crippen molar-refractivity contribution in [1.82, 2.24) is 14.1 Å². The van der Waals surface area contributed by atoms with Gasteiger partial charge >= 0.3 is 0 Å². The summed E-state index contributed by atoms with van der Waals surface area (Å²) in [5.41, 5.74) is 1.04. The highest BCUT2D eigenvalue weighted by Gasteiger charge is 1.98. The quantitative estimate of drug-likeness (QED) is 0.744. The molecule has 0 bridgehead atoms. The first-order valence-electron chi connectivity index (χ1n) is 3.82. The molecule has 4 heteroatoms. The Morgan fingerprint density at radius 1 is 1.73 bits per heavy atom. The Bertz CT molecular complexity index is 186. The molecule has 1 N–H and O–H groups in total. The van der Waals surface area contributed by atoms with E-state index in [2.05, 4.69) is 27.9 Å². The van der Waals surface area contributed by atoms with Crippen molar-refractivity contribution < 1.29 is 0 Å². The van der Waals surface area contributed by atoms with E-state index in [1.165, 1.54) is 11.7 Å². The maximum atomic E-state index is 4.09. The van der Waals surface area contributed by atoms with Gasteiger partial charge in [0.05, 0.1) is 23.6 Å². The minimum absolute atomic E-state index is 0.566. The lowest BCUT2D eigenvalue weighted by Crippen LogP contribution is -2.24. The highest BCUT2D eigenvalue weighted by Crippen LogP contribution is 1.96. The van der Waals surface area contributed by atoms with Crippen LogP contribution in [0.3, 0.4) is 0 Å². The molecule has 1 atom stereocenters. The van der Waals surface area contributed by atoms with Crippen LogP contribution in [0, 0.1) is 0 Å². The van der Waals surface area contributed by atoms with Crippen LogP contribution < -0.4 is 5.32 Å². The highest BCUT2D eigenvalue weighted by molar-refractivity contribution is 6.99. The molecule has 1 aromatic rings. The smallest absolute Gasteiger partial charge is 0.0880 e. The predicted octanol–water partition coefficient (Wildman–Crippen LogP) is 1.43. The van der Waals surface area contributed by atoms with Gasteiger partial charge in [0, 0.05) is 12.6 Å². The number of rotatable bonds is 4. The molecule has 0 saturated heterocycles. The van der Waals surface area contributed by atoms with Gasteiger partial charge in [-0.15, -0.1) is 0 Å². The molecular weight excluding hydrogens is 158 g/mol. The molecule has 0 aliphatic heterocycles. The van der Waals surface area contributed by atoms with E-state index >= 15 is 0 Å². The summed E-state index contributed by atoms with van der Waals surface area (Å²) in [6.07, 6.45) is 2.96. The van der Waals surface area contributed by atoms with E-state index < -0.39 is 0 Å². The van der Waals surface area contributed by atoms with Crippen molar-refractivity contribution in [3.05, 3.63) is 11.9 Å². The maximum absolute atomic E-state index is 4.09. The van der Waals surface area contributed by atoms with Crippen LogP contribution in [0.4, 0.5) is 0 Å². The third kappa shape index (κ3) is 2.95. The monoisotopic (exact) mass is 171 g/mol. The minimum atomic E-state index is 0.566. The number of nitrogens with zero attached hydrogens (tertiary/aromatic N) is 2. The van der Waals surface area contributed by atoms with Crippen molar-refractivity contribution in [1.29, 1.82) is 0 Å². The highest BCUT2D eigenvalue weighted by atomic mass is 32.1. The van der Waals surface area contributed by atoms with Crippen LogP contribution in [0.1, 0.15) is 26.0 Å². The SMILES string of the molecule is CCC(C)NCc1cnsn1. The van der Waals surface area contributed by atoms with Gasteiger partial charge < -0.3 is 5.32 Å². The second-order valence-electron chi connectivity index (χ2n) is 2.59. The van der Waals surface area contributed by atoms with Crippen LogP contribution in [0.2, 0.25) is 0 Å². The standard InChI is InChI=1S/C7H13N3S/c1-3-6(2)8-4-7-5-9-11-10-7/h5-6,8H,3-4H2,1-2H3. The van der Waals surface area contributed by atoms with Crippen LogP contribution in [-0.2, 0) is 6.54 Å². The van der Waals surface area contributed by atoms with Gasteiger partial charge in [-0.3, -0.25) is 0 Å². The Hall–Kier alpha value is -0.480. The fraction of sp³-hybridized carbons (Fsp3) is 0.714. The van der Waals surface area contributed by atoms with Gasteiger partial charge in [0.2, 0.25) is 0 Å². The van der Waals surface area contributed by atoms with Gasteiger partial charge in [0.1, 0.15) is 0 Å². The van der Waals surface area contributed by atoms with Gasteiger partial charge in [0.25, 0.3) is 0 Å². The largest absolute Gasteiger partial charge is 0.309 e. The van der Waals surface area contributed by atoms with Gasteiger partial charge in [0.15, 0.2) is 0 Å². The fourth-order valence-electron chi connectivity index (χ4n) is 0.685. The lowest BCUT2D eigenvalue weighted by molar-refractivity contribution is 0.530. The number of nitrogens with one attached hydrogen (secondary N) is 1. The Balaban J connectivity index is 2.23. The number of hydrogen-bond donors (Lipinski definition) is 1. The second-order valence-corrected chi connectivity index (χ2v) is 3.15. The topological polar surface area (TPSA) is 37.8 Å². The van der Waals surface area contributed by atoms with E-state index in [0.29, 0.717) is 6.04 Å². The first-order valence-corrected chi connectivity index (χ1v) is 4.55. The van der Waals surface area contributed by atoms with Crippen LogP contribution in [0.15, 0.2) is 6.20 Å². The van der Waals surface area contributed by atoms with Gasteiger partial charge in [-0.25, -0.2) is 0 Å². The zero-order chi connectivity index (χ0) is 8.10. The summed E-state index contributed by atoms with van der Waals surface area (Å²) >= 11 is 1.26. The summed E-state index contributed by atoms with van der Waals surface area (Å²) < 4.78 is 8.01. The summed E-state index contributed by atoms with van der Waals surface area (Å²) in [5, 5.41) is 3.34. The molecule has 0 aliphatic rings. The molecule has 0 amide bonds. The predicted molar refractivity (Wildman–Crippen MR) is 46.5 cm³/mol. The molecule has 1 unspecified atom stereocenters. The average molecular weight is 171 g/mol. The van der Waals surface area contributed by atoms with Crippen molar-refractivity contribution in [2.45, 2.75) is 32.9 Å². The molecule has 1 aromatic heterocycles. The summed E-state index contributed by atoms with van der Waals surface area (Å²) in [6, 6.07) is 0.566. The lowest BCUT2D eigenvalue weighted by Gasteiger charge is -2.08. The van der Waals surface area contributed by atoms with Crippen LogP contribution in [0.25, 0.3) is 0 Å². The molecule has 0 aromatic carbocycles. The molecule has 11 heavy (non-hydrogen) atoms. The van der Waals surface area contributed by atoms with E-state index in [9.17, 15) is 0 Å². The maximum Gasteiger partial charge on any atom is 0.0880 e. The first kappa shape index (κ1) is 8.62. The summed E-state index contributed by atoms with van der Waals surface area (Å²) in [4.78, 5) is 0. The Morgan fingerprint density at radius 2 is 2.55 bits per heavy atom. The summed E-state index contributed by atoms with van der Waals surface area (Å²) in [5.74, 6) is 0. The van der Waals surface area contributed by atoms with E-state index in [1.54, 1.807) is 6.20 Å². The Kier molecular flexibility index (Phi) is 3.45. The molecular formula is C7H13N3S. The molecule has 3 nitrogen and oxygen atoms in total. The van der Waals surface area contributed by atoms with Crippen LogP contribution >= 0.6 is 11.7 Å². The fourth-order valence-corrected chi connectivity index (χ4v) is 1.12. The first-order chi connectivity index (χ1) is 5.33. The molecule has 0 spiro atoms. The summed E-state index contributed by atoms with van der Waals surface area (Å²) in [7, 11) is 0. The molecule has 62 valence electrons. The Labute approximate surface area is 71.2 Å². The van der Waals surface area contributed by atoms with Crippen molar-refractivity contribution in [2.24, 2.45) is 0 Å². The number of aromatic nitrogens is 2. The third-order valence-electron chi connectivity index (χ3n) is 1.65. The van der Waals surface area contributed by atoms with Gasteiger partial charge in [-0.05, 0) is 13.3 Å². The second kappa shape index (κ2) is 4.41. The van der Waals surface area contributed by atoms with Crippen molar-refractivity contribution in [2.75, 3.05) is 0 Å². The number of hydrogen-bond acceptors (Lipinski definition) is 4. The molecule has 0 fully saturated rings. The molecule has 0 radical (unpaired) electrons. The van der Waals surface area contributed by atoms with E-state index in [1.807, 2.05) is 0 Å². The average Bonchev–Trinajstić information content (AvgIpc) is 2.52.